The summed E-state index contributed by atoms with van der Waals surface area (Å²) in [6.07, 6.45) is 8.32. The number of aromatic nitrogens is 2. The van der Waals surface area contributed by atoms with Crippen molar-refractivity contribution in [2.24, 2.45) is 0 Å². The number of carbonyl (C=O) groups excluding carboxylic acids is 2. The Kier molecular flexibility index (Phi) is 6.27. The molecular formula is C27H26N4O2S. The average Bonchev–Trinajstić information content (AvgIpc) is 3.52. The molecule has 0 radical (unpaired) electrons. The van der Waals surface area contributed by atoms with E-state index in [1.165, 1.54) is 5.56 Å². The third-order valence-electron chi connectivity index (χ3n) is 6.35. The fourth-order valence-electron chi connectivity index (χ4n) is 4.50. The second-order valence-corrected chi connectivity index (χ2v) is 9.47. The summed E-state index contributed by atoms with van der Waals surface area (Å²) < 4.78 is 0. The Morgan fingerprint density at radius 3 is 2.97 bits per heavy atom. The van der Waals surface area contributed by atoms with Crippen LogP contribution in [0.15, 0.2) is 60.2 Å². The van der Waals surface area contributed by atoms with Crippen molar-refractivity contribution >= 4 is 40.1 Å². The monoisotopic (exact) mass is 470 g/mol. The van der Waals surface area contributed by atoms with Crippen molar-refractivity contribution in [3.63, 3.8) is 0 Å². The summed E-state index contributed by atoms with van der Waals surface area (Å²) in [7, 11) is 0. The number of aromatic amines is 1. The van der Waals surface area contributed by atoms with E-state index in [4.69, 9.17) is 0 Å². The number of rotatable bonds is 6. The normalized spacial score (nSPS) is 13.4. The molecule has 0 bridgehead atoms. The predicted molar refractivity (Wildman–Crippen MR) is 135 cm³/mol. The van der Waals surface area contributed by atoms with Gasteiger partial charge in [-0.2, -0.15) is 0 Å². The number of fused-ring (bicyclic) bond motifs is 2. The first-order chi connectivity index (χ1) is 16.6. The molecule has 1 aliphatic heterocycles. The molecule has 5 rings (SSSR count). The second kappa shape index (κ2) is 9.65. The van der Waals surface area contributed by atoms with Gasteiger partial charge in [0.2, 0.25) is 11.8 Å². The van der Waals surface area contributed by atoms with Crippen LogP contribution in [0, 0.1) is 6.92 Å². The number of pyridine rings is 1. The number of carbonyl (C=O) groups is 2. The van der Waals surface area contributed by atoms with Crippen molar-refractivity contribution in [2.75, 3.05) is 6.54 Å². The molecule has 6 nitrogen and oxygen atoms in total. The molecule has 0 spiro atoms. The van der Waals surface area contributed by atoms with Crippen LogP contribution in [0.3, 0.4) is 0 Å². The minimum Gasteiger partial charge on any atom is -0.361 e. The van der Waals surface area contributed by atoms with Gasteiger partial charge in [-0.15, -0.1) is 11.3 Å². The van der Waals surface area contributed by atoms with E-state index >= 15 is 0 Å². The Balaban J connectivity index is 1.25. The van der Waals surface area contributed by atoms with Crippen molar-refractivity contribution in [2.45, 2.75) is 32.9 Å². The van der Waals surface area contributed by atoms with E-state index in [2.05, 4.69) is 15.3 Å². The van der Waals surface area contributed by atoms with E-state index in [-0.39, 0.29) is 11.8 Å². The Labute approximate surface area is 202 Å². The number of hydrogen-bond donors (Lipinski definition) is 2. The predicted octanol–water partition coefficient (Wildman–Crippen LogP) is 4.39. The lowest BCUT2D eigenvalue weighted by molar-refractivity contribution is -0.131. The lowest BCUT2D eigenvalue weighted by atomic mass is 9.94. The number of aryl methyl sites for hydroxylation is 1. The summed E-state index contributed by atoms with van der Waals surface area (Å²) in [5.74, 6) is -0.0127. The number of H-pyrrole nitrogens is 1. The molecule has 0 fully saturated rings. The molecule has 7 heteroatoms. The SMILES string of the molecule is Cc1ncc2c(c1CNC(=O)C=Cc1cccs1)CCN(C(=O)Cc1c[nH]c3ccccc13)C2. The highest BCUT2D eigenvalue weighted by molar-refractivity contribution is 7.10. The summed E-state index contributed by atoms with van der Waals surface area (Å²) in [5, 5.41) is 6.07. The largest absolute Gasteiger partial charge is 0.361 e. The van der Waals surface area contributed by atoms with Crippen molar-refractivity contribution in [3.05, 3.63) is 93.1 Å². The van der Waals surface area contributed by atoms with Crippen molar-refractivity contribution < 1.29 is 9.59 Å². The molecule has 0 atom stereocenters. The standard InChI is InChI=1S/C27H26N4O2S/c1-18-24(16-30-26(32)9-8-21-5-4-12-34-21)22-10-11-31(17-20(22)15-28-18)27(33)13-19-14-29-25-7-3-2-6-23(19)25/h2-9,12,14-15,29H,10-11,13,16-17H2,1H3,(H,30,32). The van der Waals surface area contributed by atoms with E-state index in [0.29, 0.717) is 26.1 Å². The van der Waals surface area contributed by atoms with Crippen LogP contribution in [0.5, 0.6) is 0 Å². The van der Waals surface area contributed by atoms with Gasteiger partial charge in [0, 0.05) is 59.6 Å². The molecule has 2 N–H and O–H groups in total. The molecule has 0 unspecified atom stereocenters. The highest BCUT2D eigenvalue weighted by atomic mass is 32.1. The molecule has 0 saturated carbocycles. The van der Waals surface area contributed by atoms with Gasteiger partial charge < -0.3 is 15.2 Å². The van der Waals surface area contributed by atoms with Crippen LogP contribution in [0.1, 0.15) is 32.8 Å². The first-order valence-electron chi connectivity index (χ1n) is 11.4. The Morgan fingerprint density at radius 1 is 1.24 bits per heavy atom. The highest BCUT2D eigenvalue weighted by Gasteiger charge is 2.24. The summed E-state index contributed by atoms with van der Waals surface area (Å²) in [6, 6.07) is 12.0. The summed E-state index contributed by atoms with van der Waals surface area (Å²) in [5.41, 5.74) is 6.30. The zero-order valence-corrected chi connectivity index (χ0v) is 19.8. The van der Waals surface area contributed by atoms with Gasteiger partial charge in [-0.05, 0) is 59.2 Å². The molecule has 4 aromatic rings. The third-order valence-corrected chi connectivity index (χ3v) is 7.18. The molecule has 0 saturated heterocycles. The molecule has 1 aromatic carbocycles. The fourth-order valence-corrected chi connectivity index (χ4v) is 5.12. The first-order valence-corrected chi connectivity index (χ1v) is 12.2. The second-order valence-electron chi connectivity index (χ2n) is 8.49. The molecule has 34 heavy (non-hydrogen) atoms. The number of benzene rings is 1. The van der Waals surface area contributed by atoms with Crippen molar-refractivity contribution in [1.82, 2.24) is 20.2 Å². The lowest BCUT2D eigenvalue weighted by Gasteiger charge is -2.30. The minimum absolute atomic E-state index is 0.115. The smallest absolute Gasteiger partial charge is 0.244 e. The van der Waals surface area contributed by atoms with E-state index in [1.807, 2.05) is 72.1 Å². The maximum absolute atomic E-state index is 13.1. The maximum atomic E-state index is 13.1. The number of para-hydroxylation sites is 1. The summed E-state index contributed by atoms with van der Waals surface area (Å²) >= 11 is 1.59. The van der Waals surface area contributed by atoms with E-state index in [9.17, 15) is 9.59 Å². The molecule has 1 aliphatic rings. The Bertz CT molecular complexity index is 1370. The molecule has 0 aliphatic carbocycles. The van der Waals surface area contributed by atoms with E-state index in [0.717, 1.165) is 44.6 Å². The topological polar surface area (TPSA) is 78.1 Å². The van der Waals surface area contributed by atoms with Gasteiger partial charge in [0.05, 0.1) is 6.42 Å². The Morgan fingerprint density at radius 2 is 2.12 bits per heavy atom. The van der Waals surface area contributed by atoms with Crippen LogP contribution >= 0.6 is 11.3 Å². The molecule has 3 aromatic heterocycles. The van der Waals surface area contributed by atoms with Gasteiger partial charge in [-0.25, -0.2) is 0 Å². The quantitative estimate of drug-likeness (QED) is 0.410. The zero-order chi connectivity index (χ0) is 23.5. The maximum Gasteiger partial charge on any atom is 0.244 e. The zero-order valence-electron chi connectivity index (χ0n) is 19.0. The molecule has 4 heterocycles. The average molecular weight is 471 g/mol. The molecular weight excluding hydrogens is 444 g/mol. The molecule has 172 valence electrons. The van der Waals surface area contributed by atoms with Crippen LogP contribution in [0.2, 0.25) is 0 Å². The fraction of sp³-hybridized carbons (Fsp3) is 0.222. The van der Waals surface area contributed by atoms with Gasteiger partial charge in [0.25, 0.3) is 0 Å². The Hall–Kier alpha value is -3.71. The van der Waals surface area contributed by atoms with Crippen LogP contribution in [0.4, 0.5) is 0 Å². The van der Waals surface area contributed by atoms with E-state index in [1.54, 1.807) is 17.4 Å². The van der Waals surface area contributed by atoms with E-state index < -0.39 is 0 Å². The first kappa shape index (κ1) is 22.1. The van der Waals surface area contributed by atoms with Gasteiger partial charge in [-0.1, -0.05) is 24.3 Å². The van der Waals surface area contributed by atoms with Gasteiger partial charge in [0.1, 0.15) is 0 Å². The minimum atomic E-state index is -0.128. The lowest BCUT2D eigenvalue weighted by Crippen LogP contribution is -2.38. The van der Waals surface area contributed by atoms with Gasteiger partial charge in [-0.3, -0.25) is 14.6 Å². The van der Waals surface area contributed by atoms with Crippen molar-refractivity contribution in [1.29, 1.82) is 0 Å². The van der Waals surface area contributed by atoms with Gasteiger partial charge in [0.15, 0.2) is 0 Å². The van der Waals surface area contributed by atoms with Crippen molar-refractivity contribution in [3.8, 4) is 0 Å². The molecule has 2 amide bonds. The van der Waals surface area contributed by atoms with Crippen LogP contribution < -0.4 is 5.32 Å². The summed E-state index contributed by atoms with van der Waals surface area (Å²) in [6.45, 7) is 3.61. The number of nitrogens with one attached hydrogen (secondary N) is 2. The van der Waals surface area contributed by atoms with Crippen LogP contribution in [0.25, 0.3) is 17.0 Å². The van der Waals surface area contributed by atoms with Gasteiger partial charge >= 0.3 is 0 Å². The summed E-state index contributed by atoms with van der Waals surface area (Å²) in [4.78, 5) is 36.1. The third kappa shape index (κ3) is 4.65. The van der Waals surface area contributed by atoms with Crippen LogP contribution in [-0.2, 0) is 35.5 Å². The number of amides is 2. The highest BCUT2D eigenvalue weighted by Crippen LogP contribution is 2.25. The van der Waals surface area contributed by atoms with Crippen LogP contribution in [-0.4, -0.2) is 33.2 Å². The number of hydrogen-bond acceptors (Lipinski definition) is 4. The number of nitrogens with zero attached hydrogens (tertiary/aromatic N) is 2. The number of thiophene rings is 1.